The monoisotopic (exact) mass is 314 g/mol. The van der Waals surface area contributed by atoms with Gasteiger partial charge < -0.3 is 0 Å². The molecule has 0 fully saturated rings. The molecule has 0 bridgehead atoms. The van der Waals surface area contributed by atoms with E-state index < -0.39 is 32.6 Å². The standard InChI is InChI=1S/C17H14O4S/c1-11-16(18)15(12-7-3-2-4-8-12)17(19)13-9-5-6-10-14(13)22(11,20)21/h2-11,15H,1H3. The van der Waals surface area contributed by atoms with Crippen molar-refractivity contribution in [2.75, 3.05) is 0 Å². The molecular formula is C17H14O4S. The molecule has 2 aromatic rings. The van der Waals surface area contributed by atoms with Gasteiger partial charge in [-0.25, -0.2) is 8.42 Å². The number of ketones is 2. The van der Waals surface area contributed by atoms with Gasteiger partial charge in [0.05, 0.1) is 4.90 Å². The van der Waals surface area contributed by atoms with E-state index in [4.69, 9.17) is 0 Å². The number of benzene rings is 2. The fourth-order valence-electron chi connectivity index (χ4n) is 2.74. The van der Waals surface area contributed by atoms with Crippen LogP contribution >= 0.6 is 0 Å². The molecule has 0 spiro atoms. The van der Waals surface area contributed by atoms with Crippen LogP contribution in [0.4, 0.5) is 0 Å². The SMILES string of the molecule is CC1C(=O)C(c2ccccc2)C(=O)c2ccccc2S1(=O)=O. The largest absolute Gasteiger partial charge is 0.297 e. The quantitative estimate of drug-likeness (QED) is 0.758. The van der Waals surface area contributed by atoms with Crippen LogP contribution in [-0.4, -0.2) is 25.2 Å². The molecule has 22 heavy (non-hydrogen) atoms. The van der Waals surface area contributed by atoms with Crippen LogP contribution in [-0.2, 0) is 14.6 Å². The molecule has 4 nitrogen and oxygen atoms in total. The van der Waals surface area contributed by atoms with Crippen LogP contribution in [0.15, 0.2) is 59.5 Å². The van der Waals surface area contributed by atoms with Crippen molar-refractivity contribution in [3.05, 3.63) is 65.7 Å². The molecule has 3 rings (SSSR count). The zero-order valence-electron chi connectivity index (χ0n) is 11.9. The van der Waals surface area contributed by atoms with Gasteiger partial charge in [0.2, 0.25) is 0 Å². The number of fused-ring (bicyclic) bond motifs is 1. The van der Waals surface area contributed by atoms with Gasteiger partial charge in [-0.2, -0.15) is 0 Å². The maximum atomic E-state index is 12.8. The van der Waals surface area contributed by atoms with E-state index in [0.29, 0.717) is 5.56 Å². The van der Waals surface area contributed by atoms with Crippen LogP contribution in [0.1, 0.15) is 28.8 Å². The Labute approximate surface area is 128 Å². The summed E-state index contributed by atoms with van der Waals surface area (Å²) in [6.45, 7) is 1.35. The number of hydrogen-bond acceptors (Lipinski definition) is 4. The second-order valence-electron chi connectivity index (χ2n) is 5.29. The Morgan fingerprint density at radius 1 is 0.864 bits per heavy atom. The normalized spacial score (nSPS) is 23.7. The summed E-state index contributed by atoms with van der Waals surface area (Å²) in [7, 11) is -3.85. The number of carbonyl (C=O) groups excluding carboxylic acids is 2. The lowest BCUT2D eigenvalue weighted by Crippen LogP contribution is -2.31. The lowest BCUT2D eigenvalue weighted by atomic mass is 9.86. The third-order valence-electron chi connectivity index (χ3n) is 4.00. The molecule has 2 atom stereocenters. The molecule has 1 aliphatic rings. The van der Waals surface area contributed by atoms with Crippen LogP contribution in [0.25, 0.3) is 0 Å². The van der Waals surface area contributed by atoms with Crippen LogP contribution < -0.4 is 0 Å². The van der Waals surface area contributed by atoms with Crippen LogP contribution in [0.5, 0.6) is 0 Å². The highest BCUT2D eigenvalue weighted by atomic mass is 32.2. The average Bonchev–Trinajstić information content (AvgIpc) is 2.59. The molecule has 0 saturated heterocycles. The highest BCUT2D eigenvalue weighted by Gasteiger charge is 2.44. The van der Waals surface area contributed by atoms with Crippen molar-refractivity contribution in [2.24, 2.45) is 0 Å². The maximum Gasteiger partial charge on any atom is 0.188 e. The Bertz CT molecular complexity index is 853. The third-order valence-corrected chi connectivity index (χ3v) is 6.14. The molecule has 5 heteroatoms. The molecule has 0 radical (unpaired) electrons. The molecule has 2 unspecified atom stereocenters. The topological polar surface area (TPSA) is 68.3 Å². The van der Waals surface area contributed by atoms with Gasteiger partial charge in [-0.1, -0.05) is 48.5 Å². The first-order chi connectivity index (χ1) is 10.4. The highest BCUT2D eigenvalue weighted by Crippen LogP contribution is 2.34. The first-order valence-electron chi connectivity index (χ1n) is 6.90. The summed E-state index contributed by atoms with van der Waals surface area (Å²) in [6.07, 6.45) is 0. The Hall–Kier alpha value is -2.27. The average molecular weight is 314 g/mol. The molecule has 112 valence electrons. The van der Waals surface area contributed by atoms with Gasteiger partial charge in [0.1, 0.15) is 11.2 Å². The summed E-state index contributed by atoms with van der Waals surface area (Å²) in [6, 6.07) is 14.6. The van der Waals surface area contributed by atoms with Gasteiger partial charge in [0.15, 0.2) is 21.4 Å². The van der Waals surface area contributed by atoms with Crippen molar-refractivity contribution in [3.8, 4) is 0 Å². The van der Waals surface area contributed by atoms with Gasteiger partial charge in [-0.3, -0.25) is 9.59 Å². The molecule has 0 aliphatic carbocycles. The minimum absolute atomic E-state index is 0.0562. The molecule has 0 amide bonds. The van der Waals surface area contributed by atoms with E-state index in [2.05, 4.69) is 0 Å². The van der Waals surface area contributed by atoms with Gasteiger partial charge in [0.25, 0.3) is 0 Å². The fraction of sp³-hybridized carbons (Fsp3) is 0.176. The highest BCUT2D eigenvalue weighted by molar-refractivity contribution is 7.93. The smallest absolute Gasteiger partial charge is 0.188 e. The van der Waals surface area contributed by atoms with Gasteiger partial charge in [0, 0.05) is 5.56 Å². The van der Waals surface area contributed by atoms with Gasteiger partial charge in [-0.05, 0) is 18.6 Å². The lowest BCUT2D eigenvalue weighted by molar-refractivity contribution is -0.118. The van der Waals surface area contributed by atoms with E-state index in [1.165, 1.54) is 19.1 Å². The number of rotatable bonds is 1. The first kappa shape index (κ1) is 14.7. The van der Waals surface area contributed by atoms with E-state index in [1.807, 2.05) is 0 Å². The minimum atomic E-state index is -3.85. The molecule has 1 heterocycles. The van der Waals surface area contributed by atoms with Crippen molar-refractivity contribution in [1.82, 2.24) is 0 Å². The van der Waals surface area contributed by atoms with E-state index >= 15 is 0 Å². The predicted octanol–water partition coefficient (Wildman–Crippen LogP) is 2.40. The summed E-state index contributed by atoms with van der Waals surface area (Å²) in [5, 5.41) is -1.25. The lowest BCUT2D eigenvalue weighted by Gasteiger charge is -2.14. The number of Topliss-reactive ketones (excluding diaryl/α,β-unsaturated/α-hetero) is 2. The van der Waals surface area contributed by atoms with E-state index in [-0.39, 0.29) is 10.5 Å². The fourth-order valence-corrected chi connectivity index (χ4v) is 4.31. The minimum Gasteiger partial charge on any atom is -0.297 e. The summed E-state index contributed by atoms with van der Waals surface area (Å²) < 4.78 is 25.2. The third kappa shape index (κ3) is 2.09. The molecule has 1 aliphatic heterocycles. The van der Waals surface area contributed by atoms with Crippen molar-refractivity contribution < 1.29 is 18.0 Å². The summed E-state index contributed by atoms with van der Waals surface area (Å²) >= 11 is 0. The van der Waals surface area contributed by atoms with Crippen molar-refractivity contribution in [3.63, 3.8) is 0 Å². The Morgan fingerprint density at radius 3 is 2.14 bits per heavy atom. The predicted molar refractivity (Wildman–Crippen MR) is 81.6 cm³/mol. The zero-order chi connectivity index (χ0) is 15.9. The van der Waals surface area contributed by atoms with Gasteiger partial charge >= 0.3 is 0 Å². The van der Waals surface area contributed by atoms with Crippen LogP contribution in [0, 0.1) is 0 Å². The second kappa shape index (κ2) is 5.18. The molecular weight excluding hydrogens is 300 g/mol. The van der Waals surface area contributed by atoms with E-state index in [9.17, 15) is 18.0 Å². The number of hydrogen-bond donors (Lipinski definition) is 0. The number of carbonyl (C=O) groups is 2. The first-order valence-corrected chi connectivity index (χ1v) is 8.45. The van der Waals surface area contributed by atoms with Crippen LogP contribution in [0.3, 0.4) is 0 Å². The Kier molecular flexibility index (Phi) is 3.45. The molecule has 2 aromatic carbocycles. The maximum absolute atomic E-state index is 12.8. The molecule has 0 saturated carbocycles. The van der Waals surface area contributed by atoms with Crippen molar-refractivity contribution >= 4 is 21.4 Å². The zero-order valence-corrected chi connectivity index (χ0v) is 12.7. The second-order valence-corrected chi connectivity index (χ2v) is 7.53. The Morgan fingerprint density at radius 2 is 1.45 bits per heavy atom. The molecule has 0 aromatic heterocycles. The van der Waals surface area contributed by atoms with Crippen LogP contribution in [0.2, 0.25) is 0 Å². The molecule has 0 N–H and O–H groups in total. The number of sulfone groups is 1. The Balaban J connectivity index is 2.29. The summed E-state index contributed by atoms with van der Waals surface area (Å²) in [5.41, 5.74) is 0.616. The summed E-state index contributed by atoms with van der Waals surface area (Å²) in [5.74, 6) is -2.11. The van der Waals surface area contributed by atoms with Crippen molar-refractivity contribution in [2.45, 2.75) is 23.0 Å². The van der Waals surface area contributed by atoms with Gasteiger partial charge in [-0.15, -0.1) is 0 Å². The summed E-state index contributed by atoms with van der Waals surface area (Å²) in [4.78, 5) is 25.4. The van der Waals surface area contributed by atoms with Crippen molar-refractivity contribution in [1.29, 1.82) is 0 Å². The van der Waals surface area contributed by atoms with E-state index in [0.717, 1.165) is 0 Å². The van der Waals surface area contributed by atoms with E-state index in [1.54, 1.807) is 42.5 Å².